The van der Waals surface area contributed by atoms with Crippen LogP contribution in [0.15, 0.2) is 21.9 Å². The molecule has 0 aliphatic rings. The van der Waals surface area contributed by atoms with Crippen molar-refractivity contribution in [1.29, 1.82) is 0 Å². The van der Waals surface area contributed by atoms with Crippen molar-refractivity contribution in [2.45, 2.75) is 13.8 Å². The van der Waals surface area contributed by atoms with Crippen LogP contribution in [0, 0.1) is 5.92 Å². The molecule has 0 aliphatic heterocycles. The van der Waals surface area contributed by atoms with Crippen molar-refractivity contribution < 1.29 is 0 Å². The summed E-state index contributed by atoms with van der Waals surface area (Å²) in [5.41, 5.74) is 0.431. The molecule has 0 radical (unpaired) electrons. The summed E-state index contributed by atoms with van der Waals surface area (Å²) in [5, 5.41) is 3.68. The van der Waals surface area contributed by atoms with Gasteiger partial charge in [-0.25, -0.2) is 9.78 Å². The molecule has 2 heterocycles. The molecule has 19 heavy (non-hydrogen) atoms. The average molecular weight is 262 g/mol. The lowest BCUT2D eigenvalue weighted by atomic mass is 10.2. The standard InChI is InChI=1S/C13H18N4O2/c1-8(2)7-15-9-5-6-14-11-10(9)12(18)17(4)13(19)16(11)3/h5-6,8H,7H2,1-4H3,(H,14,15). The highest BCUT2D eigenvalue weighted by Crippen LogP contribution is 2.16. The summed E-state index contributed by atoms with van der Waals surface area (Å²) in [5.74, 6) is 0.458. The maximum absolute atomic E-state index is 12.2. The number of fused-ring (bicyclic) bond motifs is 1. The number of rotatable bonds is 3. The summed E-state index contributed by atoms with van der Waals surface area (Å²) in [7, 11) is 3.09. The lowest BCUT2D eigenvalue weighted by Gasteiger charge is -2.13. The Morgan fingerprint density at radius 1 is 1.26 bits per heavy atom. The predicted octanol–water partition coefficient (Wildman–Crippen LogP) is 0.700. The second-order valence-corrected chi connectivity index (χ2v) is 5.04. The maximum atomic E-state index is 12.2. The summed E-state index contributed by atoms with van der Waals surface area (Å²) in [6.45, 7) is 4.93. The molecule has 0 atom stereocenters. The Morgan fingerprint density at radius 2 is 1.95 bits per heavy atom. The Kier molecular flexibility index (Phi) is 3.42. The second-order valence-electron chi connectivity index (χ2n) is 5.04. The third kappa shape index (κ3) is 2.25. The minimum Gasteiger partial charge on any atom is -0.384 e. The monoisotopic (exact) mass is 262 g/mol. The number of nitrogens with zero attached hydrogens (tertiary/aromatic N) is 3. The van der Waals surface area contributed by atoms with E-state index in [2.05, 4.69) is 24.1 Å². The van der Waals surface area contributed by atoms with Crippen LogP contribution >= 0.6 is 0 Å². The quantitative estimate of drug-likeness (QED) is 0.884. The zero-order valence-electron chi connectivity index (χ0n) is 11.6. The smallest absolute Gasteiger partial charge is 0.332 e. The number of hydrogen-bond acceptors (Lipinski definition) is 4. The van der Waals surface area contributed by atoms with Gasteiger partial charge in [0.15, 0.2) is 5.65 Å². The molecule has 0 aromatic carbocycles. The van der Waals surface area contributed by atoms with Gasteiger partial charge in [-0.2, -0.15) is 0 Å². The molecule has 0 bridgehead atoms. The van der Waals surface area contributed by atoms with E-state index in [1.54, 1.807) is 19.3 Å². The van der Waals surface area contributed by atoms with Crippen molar-refractivity contribution in [3.05, 3.63) is 33.1 Å². The van der Waals surface area contributed by atoms with Crippen molar-refractivity contribution in [1.82, 2.24) is 14.1 Å². The number of nitrogens with one attached hydrogen (secondary N) is 1. The fourth-order valence-corrected chi connectivity index (χ4v) is 1.95. The Labute approximate surface area is 110 Å². The van der Waals surface area contributed by atoms with E-state index in [9.17, 15) is 9.59 Å². The molecule has 0 unspecified atom stereocenters. The van der Waals surface area contributed by atoms with Crippen molar-refractivity contribution in [3.8, 4) is 0 Å². The third-order valence-electron chi connectivity index (χ3n) is 3.04. The van der Waals surface area contributed by atoms with Gasteiger partial charge in [-0.3, -0.25) is 13.9 Å². The molecule has 2 aromatic heterocycles. The zero-order valence-corrected chi connectivity index (χ0v) is 11.6. The minimum absolute atomic E-state index is 0.322. The average Bonchev–Trinajstić information content (AvgIpc) is 2.39. The summed E-state index contributed by atoms with van der Waals surface area (Å²) >= 11 is 0. The molecule has 6 nitrogen and oxygen atoms in total. The molecular formula is C13H18N4O2. The first-order chi connectivity index (χ1) is 8.93. The van der Waals surface area contributed by atoms with E-state index in [1.165, 1.54) is 11.6 Å². The first kappa shape index (κ1) is 13.3. The van der Waals surface area contributed by atoms with Crippen LogP contribution < -0.4 is 16.6 Å². The number of pyridine rings is 1. The molecule has 0 spiro atoms. The van der Waals surface area contributed by atoms with E-state index in [1.807, 2.05) is 0 Å². The molecule has 2 aromatic rings. The Morgan fingerprint density at radius 3 is 2.58 bits per heavy atom. The summed E-state index contributed by atoms with van der Waals surface area (Å²) in [6, 6.07) is 1.76. The highest BCUT2D eigenvalue weighted by molar-refractivity contribution is 5.87. The molecule has 0 saturated carbocycles. The van der Waals surface area contributed by atoms with Crippen LogP contribution in [0.1, 0.15) is 13.8 Å². The number of aryl methyl sites for hydroxylation is 1. The topological polar surface area (TPSA) is 68.9 Å². The normalized spacial score (nSPS) is 11.2. The molecule has 2 rings (SSSR count). The largest absolute Gasteiger partial charge is 0.384 e. The van der Waals surface area contributed by atoms with E-state index < -0.39 is 0 Å². The number of anilines is 1. The lowest BCUT2D eigenvalue weighted by molar-refractivity contribution is 0.687. The van der Waals surface area contributed by atoms with Crippen molar-refractivity contribution >= 4 is 16.7 Å². The van der Waals surface area contributed by atoms with E-state index in [0.717, 1.165) is 16.8 Å². The van der Waals surface area contributed by atoms with Gasteiger partial charge >= 0.3 is 5.69 Å². The summed E-state index contributed by atoms with van der Waals surface area (Å²) < 4.78 is 2.49. The second kappa shape index (κ2) is 4.87. The lowest BCUT2D eigenvalue weighted by Crippen LogP contribution is -2.37. The fourth-order valence-electron chi connectivity index (χ4n) is 1.95. The molecule has 0 amide bonds. The zero-order chi connectivity index (χ0) is 14.2. The van der Waals surface area contributed by atoms with Gasteiger partial charge in [0.25, 0.3) is 5.56 Å². The van der Waals surface area contributed by atoms with Crippen LogP contribution in [0.25, 0.3) is 11.0 Å². The third-order valence-corrected chi connectivity index (χ3v) is 3.04. The summed E-state index contributed by atoms with van der Waals surface area (Å²) in [4.78, 5) is 28.2. The van der Waals surface area contributed by atoms with Gasteiger partial charge in [0, 0.05) is 26.8 Å². The van der Waals surface area contributed by atoms with E-state index in [4.69, 9.17) is 0 Å². The van der Waals surface area contributed by atoms with Gasteiger partial charge in [-0.05, 0) is 12.0 Å². The first-order valence-electron chi connectivity index (χ1n) is 6.22. The van der Waals surface area contributed by atoms with E-state index in [0.29, 0.717) is 17.0 Å². The number of hydrogen-bond donors (Lipinski definition) is 1. The van der Waals surface area contributed by atoms with E-state index >= 15 is 0 Å². The van der Waals surface area contributed by atoms with Crippen molar-refractivity contribution in [2.24, 2.45) is 20.0 Å². The van der Waals surface area contributed by atoms with Crippen LogP contribution in [0.2, 0.25) is 0 Å². The number of aromatic nitrogens is 3. The van der Waals surface area contributed by atoms with Crippen LogP contribution in [0.4, 0.5) is 5.69 Å². The molecule has 0 saturated heterocycles. The first-order valence-corrected chi connectivity index (χ1v) is 6.22. The highest BCUT2D eigenvalue weighted by Gasteiger charge is 2.13. The van der Waals surface area contributed by atoms with Gasteiger partial charge in [-0.1, -0.05) is 13.8 Å². The van der Waals surface area contributed by atoms with Gasteiger partial charge in [0.2, 0.25) is 0 Å². The molecule has 0 fully saturated rings. The summed E-state index contributed by atoms with van der Waals surface area (Å²) in [6.07, 6.45) is 1.60. The van der Waals surface area contributed by atoms with Crippen LogP contribution in [-0.2, 0) is 14.1 Å². The molecule has 0 aliphatic carbocycles. The Hall–Kier alpha value is -2.11. The Bertz CT molecular complexity index is 728. The SMILES string of the molecule is CC(C)CNc1ccnc2c1c(=O)n(C)c(=O)n2C. The highest BCUT2D eigenvalue weighted by atomic mass is 16.2. The molecule has 1 N–H and O–H groups in total. The van der Waals surface area contributed by atoms with Crippen molar-refractivity contribution in [3.63, 3.8) is 0 Å². The van der Waals surface area contributed by atoms with Crippen molar-refractivity contribution in [2.75, 3.05) is 11.9 Å². The molecular weight excluding hydrogens is 244 g/mol. The van der Waals surface area contributed by atoms with Gasteiger partial charge in [0.05, 0.1) is 5.69 Å². The van der Waals surface area contributed by atoms with Crippen LogP contribution in [0.5, 0.6) is 0 Å². The van der Waals surface area contributed by atoms with Crippen LogP contribution in [0.3, 0.4) is 0 Å². The van der Waals surface area contributed by atoms with Gasteiger partial charge in [-0.15, -0.1) is 0 Å². The fraction of sp³-hybridized carbons (Fsp3) is 0.462. The van der Waals surface area contributed by atoms with Gasteiger partial charge in [0.1, 0.15) is 5.39 Å². The van der Waals surface area contributed by atoms with Crippen LogP contribution in [-0.4, -0.2) is 20.7 Å². The van der Waals surface area contributed by atoms with Gasteiger partial charge < -0.3 is 5.32 Å². The molecule has 6 heteroatoms. The van der Waals surface area contributed by atoms with E-state index in [-0.39, 0.29) is 11.2 Å². The maximum Gasteiger partial charge on any atom is 0.332 e. The Balaban J connectivity index is 2.75. The molecule has 102 valence electrons. The minimum atomic E-state index is -0.369. The predicted molar refractivity (Wildman–Crippen MR) is 75.6 cm³/mol.